The minimum atomic E-state index is -0.161. The number of thioether (sulfide) groups is 1. The summed E-state index contributed by atoms with van der Waals surface area (Å²) in [5.74, 6) is 0.0163. The van der Waals surface area contributed by atoms with Crippen LogP contribution in [0.25, 0.3) is 10.2 Å². The van der Waals surface area contributed by atoms with Gasteiger partial charge < -0.3 is 10.3 Å². The van der Waals surface area contributed by atoms with Crippen molar-refractivity contribution in [3.63, 3.8) is 0 Å². The van der Waals surface area contributed by atoms with Crippen LogP contribution in [0.3, 0.4) is 0 Å². The van der Waals surface area contributed by atoms with Crippen molar-refractivity contribution in [2.24, 2.45) is 0 Å². The second kappa shape index (κ2) is 7.20. The quantitative estimate of drug-likeness (QED) is 0.531. The maximum Gasteiger partial charge on any atom is 0.254 e. The molecule has 0 atom stereocenters. The molecule has 26 heavy (non-hydrogen) atoms. The van der Waals surface area contributed by atoms with Gasteiger partial charge in [0.25, 0.3) is 5.56 Å². The highest BCUT2D eigenvalue weighted by molar-refractivity contribution is 7.99. The van der Waals surface area contributed by atoms with Gasteiger partial charge in [0.15, 0.2) is 10.3 Å². The summed E-state index contributed by atoms with van der Waals surface area (Å²) >= 11 is 2.70. The van der Waals surface area contributed by atoms with Gasteiger partial charge in [0.1, 0.15) is 0 Å². The molecule has 6 nitrogen and oxygen atoms in total. The summed E-state index contributed by atoms with van der Waals surface area (Å²) < 4.78 is 1.05. The Morgan fingerprint density at radius 2 is 2.15 bits per heavy atom. The number of fused-ring (bicyclic) bond motifs is 2. The van der Waals surface area contributed by atoms with E-state index in [4.69, 9.17) is 0 Å². The van der Waals surface area contributed by atoms with E-state index in [0.717, 1.165) is 52.7 Å². The molecule has 0 fully saturated rings. The fraction of sp³-hybridized carbons (Fsp3) is 0.333. The normalized spacial score (nSPS) is 13.6. The van der Waals surface area contributed by atoms with Crippen molar-refractivity contribution >= 4 is 44.4 Å². The molecule has 0 radical (unpaired) electrons. The van der Waals surface area contributed by atoms with Gasteiger partial charge in [-0.1, -0.05) is 29.2 Å². The van der Waals surface area contributed by atoms with E-state index in [2.05, 4.69) is 26.3 Å². The highest BCUT2D eigenvalue weighted by Crippen LogP contribution is 2.27. The molecule has 134 valence electrons. The van der Waals surface area contributed by atoms with Crippen LogP contribution in [-0.2, 0) is 17.6 Å². The average molecular weight is 387 g/mol. The van der Waals surface area contributed by atoms with Crippen LogP contribution in [0, 0.1) is 6.92 Å². The van der Waals surface area contributed by atoms with Gasteiger partial charge in [-0.2, -0.15) is 0 Å². The average Bonchev–Trinajstić information content (AvgIpc) is 3.01. The Morgan fingerprint density at radius 1 is 1.31 bits per heavy atom. The van der Waals surface area contributed by atoms with E-state index in [0.29, 0.717) is 10.3 Å². The number of nitrogens with one attached hydrogen (secondary N) is 2. The maximum absolute atomic E-state index is 12.2. The fourth-order valence-electron chi connectivity index (χ4n) is 3.02. The minimum Gasteiger partial charge on any atom is -0.301 e. The van der Waals surface area contributed by atoms with Crippen molar-refractivity contribution < 1.29 is 4.79 Å². The van der Waals surface area contributed by atoms with Gasteiger partial charge in [-0.25, -0.2) is 9.97 Å². The number of anilines is 1. The van der Waals surface area contributed by atoms with Gasteiger partial charge in [0, 0.05) is 5.56 Å². The Morgan fingerprint density at radius 3 is 3.04 bits per heavy atom. The molecule has 2 heterocycles. The van der Waals surface area contributed by atoms with E-state index in [1.165, 1.54) is 23.1 Å². The predicted molar refractivity (Wildman–Crippen MR) is 105 cm³/mol. The highest BCUT2D eigenvalue weighted by Gasteiger charge is 2.16. The SMILES string of the molecule is Cc1ccc2nc(NC(=O)CSc3nc4c(c(=O)[nH]3)CCCC4)sc2c1. The van der Waals surface area contributed by atoms with Crippen LogP contribution in [0.15, 0.2) is 28.2 Å². The number of nitrogens with zero attached hydrogens (tertiary/aromatic N) is 2. The predicted octanol–water partition coefficient (Wildman–Crippen LogP) is 3.30. The summed E-state index contributed by atoms with van der Waals surface area (Å²) in [4.78, 5) is 36.1. The largest absolute Gasteiger partial charge is 0.301 e. The molecule has 0 unspecified atom stereocenters. The van der Waals surface area contributed by atoms with Crippen molar-refractivity contribution in [1.29, 1.82) is 0 Å². The van der Waals surface area contributed by atoms with Gasteiger partial charge in [-0.15, -0.1) is 0 Å². The van der Waals surface area contributed by atoms with Crippen molar-refractivity contribution in [2.75, 3.05) is 11.1 Å². The highest BCUT2D eigenvalue weighted by atomic mass is 32.2. The Balaban J connectivity index is 1.42. The number of benzene rings is 1. The number of H-pyrrole nitrogens is 1. The van der Waals surface area contributed by atoms with E-state index < -0.39 is 0 Å². The molecule has 1 aliphatic carbocycles. The van der Waals surface area contributed by atoms with Gasteiger partial charge >= 0.3 is 0 Å². The zero-order chi connectivity index (χ0) is 18.1. The molecule has 2 aromatic heterocycles. The first-order chi connectivity index (χ1) is 12.6. The Hall–Kier alpha value is -2.19. The molecule has 0 aliphatic heterocycles. The molecule has 2 N–H and O–H groups in total. The molecule has 0 saturated carbocycles. The number of aryl methyl sites for hydroxylation is 2. The lowest BCUT2D eigenvalue weighted by atomic mass is 9.97. The Kier molecular flexibility index (Phi) is 4.78. The number of aromatic amines is 1. The maximum atomic E-state index is 12.2. The van der Waals surface area contributed by atoms with Crippen molar-refractivity contribution in [3.05, 3.63) is 45.4 Å². The number of hydrogen-bond donors (Lipinski definition) is 2. The molecule has 4 rings (SSSR count). The first-order valence-corrected chi connectivity index (χ1v) is 10.3. The zero-order valence-electron chi connectivity index (χ0n) is 14.3. The minimum absolute atomic E-state index is 0.0702. The lowest BCUT2D eigenvalue weighted by Crippen LogP contribution is -2.22. The number of thiazole rings is 1. The van der Waals surface area contributed by atoms with Crippen LogP contribution in [0.1, 0.15) is 29.7 Å². The van der Waals surface area contributed by atoms with Crippen molar-refractivity contribution in [2.45, 2.75) is 37.8 Å². The summed E-state index contributed by atoms with van der Waals surface area (Å²) in [5.41, 5.74) is 3.65. The molecule has 0 saturated heterocycles. The Bertz CT molecular complexity index is 1040. The molecule has 8 heteroatoms. The van der Waals surface area contributed by atoms with Crippen LogP contribution >= 0.6 is 23.1 Å². The van der Waals surface area contributed by atoms with E-state index in [-0.39, 0.29) is 17.2 Å². The second-order valence-electron chi connectivity index (χ2n) is 6.33. The third-order valence-corrected chi connectivity index (χ3v) is 6.11. The van der Waals surface area contributed by atoms with E-state index >= 15 is 0 Å². The summed E-state index contributed by atoms with van der Waals surface area (Å²) in [6, 6.07) is 6.01. The summed E-state index contributed by atoms with van der Waals surface area (Å²) in [6.45, 7) is 2.03. The van der Waals surface area contributed by atoms with Crippen LogP contribution in [0.2, 0.25) is 0 Å². The summed E-state index contributed by atoms with van der Waals surface area (Å²) in [5, 5.41) is 3.92. The van der Waals surface area contributed by atoms with Gasteiger partial charge in [-0.05, 0) is 50.3 Å². The number of aromatic nitrogens is 3. The van der Waals surface area contributed by atoms with E-state index in [9.17, 15) is 9.59 Å². The third kappa shape index (κ3) is 3.66. The summed E-state index contributed by atoms with van der Waals surface area (Å²) in [6.07, 6.45) is 3.73. The molecule has 3 aromatic rings. The summed E-state index contributed by atoms with van der Waals surface area (Å²) in [7, 11) is 0. The molecule has 0 bridgehead atoms. The van der Waals surface area contributed by atoms with E-state index in [1.54, 1.807) is 0 Å². The lowest BCUT2D eigenvalue weighted by Gasteiger charge is -2.14. The first kappa shape index (κ1) is 17.2. The van der Waals surface area contributed by atoms with Gasteiger partial charge in [-0.3, -0.25) is 9.59 Å². The first-order valence-electron chi connectivity index (χ1n) is 8.50. The number of amides is 1. The van der Waals surface area contributed by atoms with Crippen LogP contribution in [0.5, 0.6) is 0 Å². The van der Waals surface area contributed by atoms with Crippen LogP contribution < -0.4 is 10.9 Å². The molecular formula is C18H18N4O2S2. The van der Waals surface area contributed by atoms with Crippen molar-refractivity contribution in [1.82, 2.24) is 15.0 Å². The van der Waals surface area contributed by atoms with Crippen LogP contribution in [-0.4, -0.2) is 26.6 Å². The Labute approximate surface area is 158 Å². The monoisotopic (exact) mass is 386 g/mol. The number of hydrogen-bond acceptors (Lipinski definition) is 6. The van der Waals surface area contributed by atoms with Crippen molar-refractivity contribution in [3.8, 4) is 0 Å². The number of rotatable bonds is 4. The smallest absolute Gasteiger partial charge is 0.254 e. The molecule has 0 spiro atoms. The van der Waals surface area contributed by atoms with Gasteiger partial charge in [0.05, 0.1) is 21.7 Å². The molecule has 1 aliphatic rings. The van der Waals surface area contributed by atoms with E-state index in [1.807, 2.05) is 19.1 Å². The molecular weight excluding hydrogens is 368 g/mol. The third-order valence-electron chi connectivity index (χ3n) is 4.30. The zero-order valence-corrected chi connectivity index (χ0v) is 15.9. The second-order valence-corrected chi connectivity index (χ2v) is 8.33. The van der Waals surface area contributed by atoms with Crippen LogP contribution in [0.4, 0.5) is 5.13 Å². The standard InChI is InChI=1S/C18H18N4O2S2/c1-10-6-7-13-14(8-10)26-18(20-13)21-15(23)9-25-17-19-12-5-3-2-4-11(12)16(24)22-17/h6-8H,2-5,9H2,1H3,(H,19,22,24)(H,20,21,23). The molecule has 1 amide bonds. The topological polar surface area (TPSA) is 87.7 Å². The fourth-order valence-corrected chi connectivity index (χ4v) is 4.68. The number of carbonyl (C=O) groups excluding carboxylic acids is 1. The lowest BCUT2D eigenvalue weighted by molar-refractivity contribution is -0.113. The molecule has 1 aromatic carbocycles. The van der Waals surface area contributed by atoms with Gasteiger partial charge in [0.2, 0.25) is 5.91 Å². The number of carbonyl (C=O) groups is 1.